The fourth-order valence-electron chi connectivity index (χ4n) is 2.10. The van der Waals surface area contributed by atoms with Gasteiger partial charge in [0.25, 0.3) is 5.91 Å². The van der Waals surface area contributed by atoms with Crippen molar-refractivity contribution < 1.29 is 9.53 Å². The number of carbonyl (C=O) groups is 1. The van der Waals surface area contributed by atoms with E-state index in [2.05, 4.69) is 20.2 Å². The number of amides is 1. The Morgan fingerprint density at radius 1 is 1.52 bits per heavy atom. The third kappa shape index (κ3) is 5.34. The monoisotopic (exact) mass is 337 g/mol. The first-order chi connectivity index (χ1) is 11.1. The number of thiazole rings is 1. The van der Waals surface area contributed by atoms with Crippen molar-refractivity contribution in [3.63, 3.8) is 0 Å². The van der Waals surface area contributed by atoms with Gasteiger partial charge < -0.3 is 25.7 Å². The van der Waals surface area contributed by atoms with Crippen LogP contribution in [0.1, 0.15) is 16.9 Å². The fraction of sp³-hybridized carbons (Fsp3) is 0.467. The SMILES string of the molecule is COCCN(C)CCCNC(=O)c1cc(-c2csc(N)n2)c[nH]1. The molecule has 0 bridgehead atoms. The van der Waals surface area contributed by atoms with Crippen molar-refractivity contribution >= 4 is 22.4 Å². The summed E-state index contributed by atoms with van der Waals surface area (Å²) in [7, 11) is 3.73. The number of aromatic amines is 1. The van der Waals surface area contributed by atoms with Gasteiger partial charge in [-0.3, -0.25) is 4.79 Å². The molecule has 1 amide bonds. The number of nitrogens with two attached hydrogens (primary N) is 1. The molecule has 0 aliphatic heterocycles. The van der Waals surface area contributed by atoms with E-state index in [1.54, 1.807) is 19.4 Å². The van der Waals surface area contributed by atoms with Crippen molar-refractivity contribution in [2.45, 2.75) is 6.42 Å². The molecule has 0 saturated heterocycles. The second kappa shape index (κ2) is 8.66. The van der Waals surface area contributed by atoms with Crippen LogP contribution < -0.4 is 11.1 Å². The van der Waals surface area contributed by atoms with Gasteiger partial charge in [0.1, 0.15) is 5.69 Å². The number of H-pyrrole nitrogens is 1. The molecule has 0 radical (unpaired) electrons. The summed E-state index contributed by atoms with van der Waals surface area (Å²) >= 11 is 1.38. The Balaban J connectivity index is 1.75. The van der Waals surface area contributed by atoms with Gasteiger partial charge in [-0.1, -0.05) is 0 Å². The number of rotatable bonds is 9. The van der Waals surface area contributed by atoms with E-state index in [0.717, 1.165) is 37.4 Å². The maximum atomic E-state index is 12.1. The van der Waals surface area contributed by atoms with E-state index in [-0.39, 0.29) is 5.91 Å². The van der Waals surface area contributed by atoms with Crippen LogP contribution in [0.15, 0.2) is 17.6 Å². The third-order valence-electron chi connectivity index (χ3n) is 3.42. The molecule has 0 atom stereocenters. The maximum Gasteiger partial charge on any atom is 0.267 e. The molecule has 2 heterocycles. The van der Waals surface area contributed by atoms with Crippen LogP contribution in [0.4, 0.5) is 5.13 Å². The summed E-state index contributed by atoms with van der Waals surface area (Å²) in [5, 5.41) is 5.30. The number of nitrogen functional groups attached to an aromatic ring is 1. The summed E-state index contributed by atoms with van der Waals surface area (Å²) < 4.78 is 5.03. The van der Waals surface area contributed by atoms with E-state index >= 15 is 0 Å². The van der Waals surface area contributed by atoms with E-state index in [4.69, 9.17) is 10.5 Å². The topological polar surface area (TPSA) is 96.3 Å². The number of likely N-dealkylation sites (N-methyl/N-ethyl adjacent to an activating group) is 1. The lowest BCUT2D eigenvalue weighted by molar-refractivity contribution is 0.0946. The number of hydrogen-bond acceptors (Lipinski definition) is 6. The molecule has 0 fully saturated rings. The number of nitrogens with one attached hydrogen (secondary N) is 2. The number of nitrogens with zero attached hydrogens (tertiary/aromatic N) is 2. The van der Waals surface area contributed by atoms with Gasteiger partial charge in [-0.15, -0.1) is 11.3 Å². The third-order valence-corrected chi connectivity index (χ3v) is 4.10. The molecule has 0 aliphatic rings. The van der Waals surface area contributed by atoms with Crippen molar-refractivity contribution in [1.29, 1.82) is 0 Å². The number of hydrogen-bond donors (Lipinski definition) is 3. The van der Waals surface area contributed by atoms with E-state index in [0.29, 0.717) is 17.4 Å². The molecule has 0 aromatic carbocycles. The minimum atomic E-state index is -0.112. The molecule has 23 heavy (non-hydrogen) atoms. The molecule has 7 nitrogen and oxygen atoms in total. The molecule has 8 heteroatoms. The smallest absolute Gasteiger partial charge is 0.267 e. The summed E-state index contributed by atoms with van der Waals surface area (Å²) in [6.07, 6.45) is 2.66. The van der Waals surface area contributed by atoms with Crippen LogP contribution in [-0.4, -0.2) is 61.2 Å². The van der Waals surface area contributed by atoms with Crippen LogP contribution in [0.5, 0.6) is 0 Å². The summed E-state index contributed by atoms with van der Waals surface area (Å²) in [6.45, 7) is 3.16. The van der Waals surface area contributed by atoms with Crippen LogP contribution in [0.25, 0.3) is 11.3 Å². The lowest BCUT2D eigenvalue weighted by Crippen LogP contribution is -2.29. The zero-order valence-corrected chi connectivity index (χ0v) is 14.3. The number of methoxy groups -OCH3 is 1. The molecule has 126 valence electrons. The molecule has 2 rings (SSSR count). The first kappa shape index (κ1) is 17.5. The van der Waals surface area contributed by atoms with Gasteiger partial charge in [0, 0.05) is 37.3 Å². The Labute approximate surface area is 139 Å². The van der Waals surface area contributed by atoms with E-state index in [9.17, 15) is 4.79 Å². The number of anilines is 1. The highest BCUT2D eigenvalue weighted by molar-refractivity contribution is 7.13. The molecule has 4 N–H and O–H groups in total. The number of aromatic nitrogens is 2. The standard InChI is InChI=1S/C15H23N5O2S/c1-20(6-7-22-2)5-3-4-17-14(21)12-8-11(9-18-12)13-10-23-15(16)19-13/h8-10,18H,3-7H2,1-2H3,(H2,16,19)(H,17,21). The van der Waals surface area contributed by atoms with Gasteiger partial charge in [-0.05, 0) is 26.1 Å². The highest BCUT2D eigenvalue weighted by Gasteiger charge is 2.11. The summed E-state index contributed by atoms with van der Waals surface area (Å²) in [4.78, 5) is 21.4. The van der Waals surface area contributed by atoms with Crippen LogP contribution in [0.3, 0.4) is 0 Å². The van der Waals surface area contributed by atoms with Crippen LogP contribution in [-0.2, 0) is 4.74 Å². The molecule has 2 aromatic heterocycles. The minimum absolute atomic E-state index is 0.112. The van der Waals surface area contributed by atoms with Crippen molar-refractivity contribution in [2.24, 2.45) is 0 Å². The van der Waals surface area contributed by atoms with Crippen molar-refractivity contribution in [1.82, 2.24) is 20.2 Å². The van der Waals surface area contributed by atoms with Crippen molar-refractivity contribution in [2.75, 3.05) is 46.1 Å². The Bertz CT molecular complexity index is 625. The van der Waals surface area contributed by atoms with Gasteiger partial charge in [0.2, 0.25) is 0 Å². The Morgan fingerprint density at radius 3 is 3.04 bits per heavy atom. The van der Waals surface area contributed by atoms with E-state index < -0.39 is 0 Å². The van der Waals surface area contributed by atoms with Gasteiger partial charge in [-0.25, -0.2) is 4.98 Å². The van der Waals surface area contributed by atoms with E-state index in [1.807, 2.05) is 12.4 Å². The highest BCUT2D eigenvalue weighted by atomic mass is 32.1. The number of ether oxygens (including phenoxy) is 1. The summed E-state index contributed by atoms with van der Waals surface area (Å²) in [5.74, 6) is -0.112. The second-order valence-corrected chi connectivity index (χ2v) is 6.17. The summed E-state index contributed by atoms with van der Waals surface area (Å²) in [6, 6.07) is 1.79. The molecular formula is C15H23N5O2S. The predicted octanol–water partition coefficient (Wildman–Crippen LogP) is 1.42. The highest BCUT2D eigenvalue weighted by Crippen LogP contribution is 2.23. The second-order valence-electron chi connectivity index (χ2n) is 5.28. The van der Waals surface area contributed by atoms with Crippen molar-refractivity contribution in [3.8, 4) is 11.3 Å². The lowest BCUT2D eigenvalue weighted by atomic mass is 10.2. The Kier molecular flexibility index (Phi) is 6.57. The van der Waals surface area contributed by atoms with Gasteiger partial charge >= 0.3 is 0 Å². The lowest BCUT2D eigenvalue weighted by Gasteiger charge is -2.15. The molecule has 0 saturated carbocycles. The van der Waals surface area contributed by atoms with E-state index in [1.165, 1.54) is 11.3 Å². The average Bonchev–Trinajstić information content (AvgIpc) is 3.18. The van der Waals surface area contributed by atoms with Crippen molar-refractivity contribution in [3.05, 3.63) is 23.3 Å². The normalized spacial score (nSPS) is 11.1. The Morgan fingerprint density at radius 2 is 2.35 bits per heavy atom. The molecule has 2 aromatic rings. The van der Waals surface area contributed by atoms with Crippen LogP contribution >= 0.6 is 11.3 Å². The molecule has 0 spiro atoms. The first-order valence-corrected chi connectivity index (χ1v) is 8.33. The van der Waals surface area contributed by atoms with Crippen LogP contribution in [0, 0.1) is 0 Å². The van der Waals surface area contributed by atoms with Gasteiger partial charge in [0.15, 0.2) is 5.13 Å². The predicted molar refractivity (Wildman–Crippen MR) is 92.6 cm³/mol. The summed E-state index contributed by atoms with van der Waals surface area (Å²) in [5.41, 5.74) is 7.80. The maximum absolute atomic E-state index is 12.1. The molecule has 0 unspecified atom stereocenters. The largest absolute Gasteiger partial charge is 0.383 e. The van der Waals surface area contributed by atoms with Crippen LogP contribution in [0.2, 0.25) is 0 Å². The molecular weight excluding hydrogens is 314 g/mol. The quantitative estimate of drug-likeness (QED) is 0.601. The number of carbonyl (C=O) groups excluding carboxylic acids is 1. The van der Waals surface area contributed by atoms with Gasteiger partial charge in [0.05, 0.1) is 12.3 Å². The zero-order chi connectivity index (χ0) is 16.7. The Hall–Kier alpha value is -1.90. The molecule has 0 aliphatic carbocycles. The minimum Gasteiger partial charge on any atom is -0.383 e. The average molecular weight is 337 g/mol. The fourth-order valence-corrected chi connectivity index (χ4v) is 2.67. The first-order valence-electron chi connectivity index (χ1n) is 7.45. The van der Waals surface area contributed by atoms with Gasteiger partial charge in [-0.2, -0.15) is 0 Å². The zero-order valence-electron chi connectivity index (χ0n) is 13.5.